The number of hydrogen-bond donors (Lipinski definition) is 1. The van der Waals surface area contributed by atoms with Crippen molar-refractivity contribution in [1.82, 2.24) is 5.16 Å². The Kier molecular flexibility index (Phi) is 4.64. The summed E-state index contributed by atoms with van der Waals surface area (Å²) in [6, 6.07) is 8.11. The normalized spacial score (nSPS) is 11.3. The van der Waals surface area contributed by atoms with Crippen LogP contribution in [0.5, 0.6) is 0 Å². The summed E-state index contributed by atoms with van der Waals surface area (Å²) in [5.41, 5.74) is 0.462. The maximum absolute atomic E-state index is 12.0. The number of amides is 1. The van der Waals surface area contributed by atoms with Gasteiger partial charge < -0.3 is 9.84 Å². The molecule has 1 aromatic heterocycles. The lowest BCUT2D eigenvalue weighted by atomic mass is 10.2. The van der Waals surface area contributed by atoms with Gasteiger partial charge in [0.05, 0.1) is 5.75 Å². The maximum Gasteiger partial charge on any atom is 0.240 e. The summed E-state index contributed by atoms with van der Waals surface area (Å²) in [5.74, 6) is -0.910. The number of rotatable bonds is 5. The van der Waals surface area contributed by atoms with Crippen LogP contribution < -0.4 is 5.32 Å². The van der Waals surface area contributed by atoms with Gasteiger partial charge >= 0.3 is 0 Å². The van der Waals surface area contributed by atoms with E-state index in [4.69, 9.17) is 16.1 Å². The van der Waals surface area contributed by atoms with E-state index >= 15 is 0 Å². The molecule has 2 aromatic rings. The van der Waals surface area contributed by atoms with Crippen molar-refractivity contribution in [2.45, 2.75) is 12.7 Å². The zero-order valence-electron chi connectivity index (χ0n) is 11.2. The average Bonchev–Trinajstić information content (AvgIpc) is 2.76. The van der Waals surface area contributed by atoms with E-state index in [-0.39, 0.29) is 11.6 Å². The highest BCUT2D eigenvalue weighted by molar-refractivity contribution is 7.91. The summed E-state index contributed by atoms with van der Waals surface area (Å²) in [6.45, 7) is 1.66. The van der Waals surface area contributed by atoms with Gasteiger partial charge in [0.2, 0.25) is 5.91 Å². The first kappa shape index (κ1) is 15.5. The molecule has 0 aliphatic heterocycles. The fourth-order valence-corrected chi connectivity index (χ4v) is 3.29. The van der Waals surface area contributed by atoms with E-state index in [1.54, 1.807) is 31.2 Å². The van der Waals surface area contributed by atoms with E-state index in [9.17, 15) is 13.2 Å². The van der Waals surface area contributed by atoms with E-state index in [0.717, 1.165) is 0 Å². The lowest BCUT2D eigenvalue weighted by molar-refractivity contribution is -0.113. The molecule has 112 valence electrons. The number of hydrogen-bond acceptors (Lipinski definition) is 5. The fraction of sp³-hybridized carbons (Fsp3) is 0.231. The molecule has 1 N–H and O–H groups in total. The third-order valence-electron chi connectivity index (χ3n) is 2.58. The first-order chi connectivity index (χ1) is 9.85. The second-order valence-corrected chi connectivity index (χ2v) is 6.97. The predicted octanol–water partition coefficient (Wildman–Crippen LogP) is 2.19. The molecule has 0 bridgehead atoms. The van der Waals surface area contributed by atoms with Crippen molar-refractivity contribution in [2.24, 2.45) is 0 Å². The van der Waals surface area contributed by atoms with Gasteiger partial charge in [0, 0.05) is 11.1 Å². The van der Waals surface area contributed by atoms with Gasteiger partial charge in [0.15, 0.2) is 15.7 Å². The second kappa shape index (κ2) is 6.28. The standard InChI is InChI=1S/C13H13ClN2O4S/c1-9-6-12(16-20-9)15-13(17)8-21(18,19)7-10-4-2-3-5-11(10)14/h2-6H,7-8H2,1H3,(H,15,16,17). The van der Waals surface area contributed by atoms with Gasteiger partial charge in [-0.15, -0.1) is 0 Å². The minimum Gasteiger partial charge on any atom is -0.360 e. The van der Waals surface area contributed by atoms with Crippen molar-refractivity contribution in [1.29, 1.82) is 0 Å². The number of nitrogens with one attached hydrogen (secondary N) is 1. The van der Waals surface area contributed by atoms with E-state index in [1.807, 2.05) is 0 Å². The Hall–Kier alpha value is -1.86. The fourth-order valence-electron chi connectivity index (χ4n) is 1.71. The molecule has 0 aliphatic rings. The van der Waals surface area contributed by atoms with Crippen molar-refractivity contribution in [3.63, 3.8) is 0 Å². The first-order valence-electron chi connectivity index (χ1n) is 6.03. The summed E-state index contributed by atoms with van der Waals surface area (Å²) in [5, 5.41) is 6.28. The number of aromatic nitrogens is 1. The number of carbonyl (C=O) groups excluding carboxylic acids is 1. The molecule has 0 saturated carbocycles. The molecule has 0 spiro atoms. The lowest BCUT2D eigenvalue weighted by Crippen LogP contribution is -2.24. The third-order valence-corrected chi connectivity index (χ3v) is 4.40. The van der Waals surface area contributed by atoms with Gasteiger partial charge in [-0.2, -0.15) is 0 Å². The minimum atomic E-state index is -3.62. The molecule has 0 saturated heterocycles. The van der Waals surface area contributed by atoms with E-state index in [1.165, 1.54) is 6.07 Å². The third kappa shape index (κ3) is 4.57. The summed E-state index contributed by atoms with van der Waals surface area (Å²) in [7, 11) is -3.62. The largest absolute Gasteiger partial charge is 0.360 e. The zero-order chi connectivity index (χ0) is 15.5. The molecule has 0 fully saturated rings. The Labute approximate surface area is 127 Å². The molecule has 1 heterocycles. The quantitative estimate of drug-likeness (QED) is 0.908. The number of halogens is 1. The predicted molar refractivity (Wildman–Crippen MR) is 78.8 cm³/mol. The van der Waals surface area contributed by atoms with Gasteiger partial charge in [-0.25, -0.2) is 8.42 Å². The van der Waals surface area contributed by atoms with Gasteiger partial charge in [-0.05, 0) is 18.6 Å². The smallest absolute Gasteiger partial charge is 0.240 e. The van der Waals surface area contributed by atoms with E-state index in [2.05, 4.69) is 10.5 Å². The molecule has 0 atom stereocenters. The van der Waals surface area contributed by atoms with Crippen LogP contribution >= 0.6 is 11.6 Å². The molecule has 1 aromatic carbocycles. The highest BCUT2D eigenvalue weighted by atomic mass is 35.5. The van der Waals surface area contributed by atoms with Crippen molar-refractivity contribution in [3.8, 4) is 0 Å². The summed E-state index contributed by atoms with van der Waals surface area (Å²) >= 11 is 5.91. The van der Waals surface area contributed by atoms with Crippen LogP contribution in [0.25, 0.3) is 0 Å². The molecule has 21 heavy (non-hydrogen) atoms. The van der Waals surface area contributed by atoms with E-state index in [0.29, 0.717) is 16.3 Å². The van der Waals surface area contributed by atoms with Gasteiger partial charge in [0.25, 0.3) is 0 Å². The summed E-state index contributed by atoms with van der Waals surface area (Å²) in [4.78, 5) is 11.7. The Balaban J connectivity index is 2.00. The number of nitrogens with zero attached hydrogens (tertiary/aromatic N) is 1. The summed E-state index contributed by atoms with van der Waals surface area (Å²) in [6.07, 6.45) is 0. The van der Waals surface area contributed by atoms with Crippen LogP contribution in [0, 0.1) is 6.92 Å². The molecule has 8 heteroatoms. The first-order valence-corrected chi connectivity index (χ1v) is 8.23. The highest BCUT2D eigenvalue weighted by Crippen LogP contribution is 2.18. The molecular formula is C13H13ClN2O4S. The maximum atomic E-state index is 12.0. The topological polar surface area (TPSA) is 89.3 Å². The number of anilines is 1. The monoisotopic (exact) mass is 328 g/mol. The molecule has 1 amide bonds. The molecule has 2 rings (SSSR count). The molecule has 0 aliphatic carbocycles. The zero-order valence-corrected chi connectivity index (χ0v) is 12.7. The molecule has 0 unspecified atom stereocenters. The second-order valence-electron chi connectivity index (χ2n) is 4.49. The van der Waals surface area contributed by atoms with Crippen molar-refractivity contribution < 1.29 is 17.7 Å². The molecular weight excluding hydrogens is 316 g/mol. The van der Waals surface area contributed by atoms with Crippen LogP contribution in [0.2, 0.25) is 5.02 Å². The Morgan fingerprint density at radius 1 is 1.38 bits per heavy atom. The highest BCUT2D eigenvalue weighted by Gasteiger charge is 2.19. The van der Waals surface area contributed by atoms with Crippen molar-refractivity contribution in [3.05, 3.63) is 46.7 Å². The molecule has 0 radical (unpaired) electrons. The molecule has 6 nitrogen and oxygen atoms in total. The van der Waals surface area contributed by atoms with Crippen LogP contribution in [-0.2, 0) is 20.4 Å². The van der Waals surface area contributed by atoms with Crippen LogP contribution in [0.1, 0.15) is 11.3 Å². The van der Waals surface area contributed by atoms with Crippen LogP contribution in [0.15, 0.2) is 34.9 Å². The van der Waals surface area contributed by atoms with E-state index < -0.39 is 21.5 Å². The van der Waals surface area contributed by atoms with Gasteiger partial charge in [-0.3, -0.25) is 4.79 Å². The number of benzene rings is 1. The van der Waals surface area contributed by atoms with Crippen LogP contribution in [-0.4, -0.2) is 25.2 Å². The number of sulfone groups is 1. The Morgan fingerprint density at radius 3 is 2.71 bits per heavy atom. The van der Waals surface area contributed by atoms with Crippen LogP contribution in [0.4, 0.5) is 5.82 Å². The Morgan fingerprint density at radius 2 is 2.10 bits per heavy atom. The summed E-state index contributed by atoms with van der Waals surface area (Å²) < 4.78 is 28.8. The SMILES string of the molecule is Cc1cc(NC(=O)CS(=O)(=O)Cc2ccccc2Cl)no1. The minimum absolute atomic E-state index is 0.186. The van der Waals surface area contributed by atoms with Crippen molar-refractivity contribution in [2.75, 3.05) is 11.1 Å². The number of aryl methyl sites for hydroxylation is 1. The van der Waals surface area contributed by atoms with Crippen LogP contribution in [0.3, 0.4) is 0 Å². The van der Waals surface area contributed by atoms with Gasteiger partial charge in [0.1, 0.15) is 11.5 Å². The number of carbonyl (C=O) groups is 1. The van der Waals surface area contributed by atoms with Crippen molar-refractivity contribution >= 4 is 33.2 Å². The van der Waals surface area contributed by atoms with Gasteiger partial charge in [-0.1, -0.05) is 35.0 Å². The Bertz CT molecular complexity index is 755. The lowest BCUT2D eigenvalue weighted by Gasteiger charge is -2.06. The average molecular weight is 329 g/mol.